The molecular weight excluding hydrogens is 248 g/mol. The van der Waals surface area contributed by atoms with Gasteiger partial charge in [-0.3, -0.25) is 4.90 Å². The molecule has 3 aliphatic rings. The van der Waals surface area contributed by atoms with Crippen LogP contribution in [0, 0.1) is 5.92 Å². The molecular formula is C17H32N2O. The van der Waals surface area contributed by atoms with Crippen LogP contribution in [0.5, 0.6) is 0 Å². The molecule has 0 aromatic heterocycles. The average Bonchev–Trinajstić information content (AvgIpc) is 2.47. The van der Waals surface area contributed by atoms with Crippen LogP contribution < -0.4 is 5.73 Å². The Morgan fingerprint density at radius 2 is 1.95 bits per heavy atom. The fraction of sp³-hybridized carbons (Fsp3) is 1.00. The van der Waals surface area contributed by atoms with E-state index in [1.165, 1.54) is 64.3 Å². The maximum absolute atomic E-state index is 6.12. The van der Waals surface area contributed by atoms with E-state index in [-0.39, 0.29) is 5.60 Å². The third kappa shape index (κ3) is 2.77. The van der Waals surface area contributed by atoms with Crippen LogP contribution in [0.25, 0.3) is 0 Å². The normalized spacial score (nSPS) is 37.0. The second kappa shape index (κ2) is 6.33. The summed E-state index contributed by atoms with van der Waals surface area (Å²) in [6, 6.07) is 1.48. The Kier molecular flexibility index (Phi) is 4.68. The standard InChI is InChI=1S/C17H32N2O/c1-2-19(16-7-4-3-6-14(16)13-18)15-8-11-20-17(12-15)9-5-10-17/h14-16H,2-13,18H2,1H3. The van der Waals surface area contributed by atoms with Crippen molar-refractivity contribution in [1.82, 2.24) is 4.90 Å². The van der Waals surface area contributed by atoms with Gasteiger partial charge in [0.25, 0.3) is 0 Å². The van der Waals surface area contributed by atoms with E-state index in [4.69, 9.17) is 10.5 Å². The summed E-state index contributed by atoms with van der Waals surface area (Å²) >= 11 is 0. The van der Waals surface area contributed by atoms with Crippen molar-refractivity contribution in [3.05, 3.63) is 0 Å². The van der Waals surface area contributed by atoms with Crippen molar-refractivity contribution in [3.8, 4) is 0 Å². The molecule has 1 heterocycles. The highest BCUT2D eigenvalue weighted by atomic mass is 16.5. The first-order valence-electron chi connectivity index (χ1n) is 8.88. The Morgan fingerprint density at radius 3 is 2.60 bits per heavy atom. The van der Waals surface area contributed by atoms with E-state index in [1.54, 1.807) is 0 Å². The lowest BCUT2D eigenvalue weighted by molar-refractivity contribution is -0.154. The molecule has 2 N–H and O–H groups in total. The Bertz CT molecular complexity index is 316. The summed E-state index contributed by atoms with van der Waals surface area (Å²) < 4.78 is 6.12. The van der Waals surface area contributed by atoms with E-state index in [1.807, 2.05) is 0 Å². The third-order valence-corrected chi connectivity index (χ3v) is 6.16. The van der Waals surface area contributed by atoms with Gasteiger partial charge in [-0.05, 0) is 64.0 Å². The zero-order chi connectivity index (χ0) is 14.0. The first kappa shape index (κ1) is 14.8. The van der Waals surface area contributed by atoms with Gasteiger partial charge in [-0.1, -0.05) is 19.8 Å². The molecule has 0 bridgehead atoms. The van der Waals surface area contributed by atoms with E-state index in [9.17, 15) is 0 Å². The molecule has 0 aromatic carbocycles. The molecule has 3 atom stereocenters. The summed E-state index contributed by atoms with van der Waals surface area (Å²) in [6.45, 7) is 5.36. The van der Waals surface area contributed by atoms with Crippen LogP contribution in [0.3, 0.4) is 0 Å². The minimum atomic E-state index is 0.267. The highest BCUT2D eigenvalue weighted by Gasteiger charge is 2.45. The van der Waals surface area contributed by atoms with Crippen molar-refractivity contribution in [2.45, 2.75) is 82.4 Å². The van der Waals surface area contributed by atoms with Gasteiger partial charge in [-0.15, -0.1) is 0 Å². The van der Waals surface area contributed by atoms with Crippen LogP contribution in [0.4, 0.5) is 0 Å². The molecule has 3 nitrogen and oxygen atoms in total. The molecule has 1 saturated heterocycles. The minimum absolute atomic E-state index is 0.267. The lowest BCUT2D eigenvalue weighted by Crippen LogP contribution is -2.56. The van der Waals surface area contributed by atoms with Gasteiger partial charge in [0.1, 0.15) is 0 Å². The van der Waals surface area contributed by atoms with Gasteiger partial charge >= 0.3 is 0 Å². The lowest BCUT2D eigenvalue weighted by atomic mass is 9.73. The number of nitrogens with two attached hydrogens (primary N) is 1. The first-order valence-corrected chi connectivity index (χ1v) is 8.88. The summed E-state index contributed by atoms with van der Waals surface area (Å²) in [5, 5.41) is 0. The van der Waals surface area contributed by atoms with Gasteiger partial charge in [-0.25, -0.2) is 0 Å². The van der Waals surface area contributed by atoms with Crippen molar-refractivity contribution in [1.29, 1.82) is 0 Å². The molecule has 1 spiro atoms. The quantitative estimate of drug-likeness (QED) is 0.860. The minimum Gasteiger partial charge on any atom is -0.375 e. The smallest absolute Gasteiger partial charge is 0.0697 e. The first-order chi connectivity index (χ1) is 9.78. The van der Waals surface area contributed by atoms with Gasteiger partial charge < -0.3 is 10.5 Å². The highest BCUT2D eigenvalue weighted by Crippen LogP contribution is 2.44. The number of nitrogens with zero attached hydrogens (tertiary/aromatic N) is 1. The van der Waals surface area contributed by atoms with Crippen LogP contribution >= 0.6 is 0 Å². The van der Waals surface area contributed by atoms with Crippen LogP contribution in [-0.2, 0) is 4.74 Å². The summed E-state index contributed by atoms with van der Waals surface area (Å²) in [5.74, 6) is 0.726. The van der Waals surface area contributed by atoms with Crippen LogP contribution in [0.2, 0.25) is 0 Å². The average molecular weight is 280 g/mol. The molecule has 0 aromatic rings. The predicted octanol–water partition coefficient (Wildman–Crippen LogP) is 2.93. The third-order valence-electron chi connectivity index (χ3n) is 6.16. The van der Waals surface area contributed by atoms with Crippen LogP contribution in [0.1, 0.15) is 64.7 Å². The Balaban J connectivity index is 1.68. The Hall–Kier alpha value is -0.120. The molecule has 0 amide bonds. The van der Waals surface area contributed by atoms with Gasteiger partial charge in [0.05, 0.1) is 5.60 Å². The van der Waals surface area contributed by atoms with Crippen molar-refractivity contribution in [2.75, 3.05) is 19.7 Å². The predicted molar refractivity (Wildman–Crippen MR) is 82.7 cm³/mol. The molecule has 20 heavy (non-hydrogen) atoms. The molecule has 3 fully saturated rings. The number of rotatable bonds is 4. The summed E-state index contributed by atoms with van der Waals surface area (Å²) in [5.41, 5.74) is 6.32. The van der Waals surface area contributed by atoms with Crippen molar-refractivity contribution in [2.24, 2.45) is 11.7 Å². The van der Waals surface area contributed by atoms with E-state index in [0.29, 0.717) is 0 Å². The number of hydrogen-bond acceptors (Lipinski definition) is 3. The zero-order valence-electron chi connectivity index (χ0n) is 13.2. The summed E-state index contributed by atoms with van der Waals surface area (Å²) in [4.78, 5) is 2.80. The maximum Gasteiger partial charge on any atom is 0.0697 e. The Morgan fingerprint density at radius 1 is 1.15 bits per heavy atom. The molecule has 2 saturated carbocycles. The van der Waals surface area contributed by atoms with E-state index in [0.717, 1.165) is 31.2 Å². The molecule has 1 aliphatic heterocycles. The molecule has 3 unspecified atom stereocenters. The number of ether oxygens (including phenoxy) is 1. The van der Waals surface area contributed by atoms with Gasteiger partial charge in [0.15, 0.2) is 0 Å². The molecule has 2 aliphatic carbocycles. The largest absolute Gasteiger partial charge is 0.375 e. The van der Waals surface area contributed by atoms with Crippen molar-refractivity contribution in [3.63, 3.8) is 0 Å². The fourth-order valence-corrected chi connectivity index (χ4v) is 4.87. The molecule has 3 heteroatoms. The molecule has 116 valence electrons. The van der Waals surface area contributed by atoms with E-state index >= 15 is 0 Å². The van der Waals surface area contributed by atoms with Crippen LogP contribution in [0.15, 0.2) is 0 Å². The second-order valence-corrected chi connectivity index (χ2v) is 7.21. The van der Waals surface area contributed by atoms with E-state index < -0.39 is 0 Å². The highest BCUT2D eigenvalue weighted by molar-refractivity contribution is 4.98. The molecule has 3 rings (SSSR count). The van der Waals surface area contributed by atoms with Gasteiger partial charge in [0.2, 0.25) is 0 Å². The summed E-state index contributed by atoms with van der Waals surface area (Å²) in [6.07, 6.45) is 11.9. The Labute approximate surface area is 124 Å². The number of hydrogen-bond donors (Lipinski definition) is 1. The van der Waals surface area contributed by atoms with Crippen molar-refractivity contribution >= 4 is 0 Å². The SMILES string of the molecule is CCN(C1CCOC2(CCC2)C1)C1CCCCC1CN. The molecule has 0 radical (unpaired) electrons. The monoisotopic (exact) mass is 280 g/mol. The topological polar surface area (TPSA) is 38.5 Å². The zero-order valence-corrected chi connectivity index (χ0v) is 13.2. The maximum atomic E-state index is 6.12. The van der Waals surface area contributed by atoms with Crippen LogP contribution in [-0.4, -0.2) is 42.3 Å². The van der Waals surface area contributed by atoms with E-state index in [2.05, 4.69) is 11.8 Å². The van der Waals surface area contributed by atoms with Gasteiger partial charge in [-0.2, -0.15) is 0 Å². The fourth-order valence-electron chi connectivity index (χ4n) is 4.87. The second-order valence-electron chi connectivity index (χ2n) is 7.21. The summed E-state index contributed by atoms with van der Waals surface area (Å²) in [7, 11) is 0. The van der Waals surface area contributed by atoms with Crippen molar-refractivity contribution < 1.29 is 4.74 Å². The lowest BCUT2D eigenvalue weighted by Gasteiger charge is -2.52. The van der Waals surface area contributed by atoms with Gasteiger partial charge in [0, 0.05) is 18.7 Å².